The van der Waals surface area contributed by atoms with Gasteiger partial charge in [-0.1, -0.05) is 23.7 Å². The van der Waals surface area contributed by atoms with Gasteiger partial charge in [0.2, 0.25) is 0 Å². The fourth-order valence-electron chi connectivity index (χ4n) is 0.742. The molecular formula is C7H8ClFN+. The van der Waals surface area contributed by atoms with Crippen molar-refractivity contribution in [3.63, 3.8) is 0 Å². The highest BCUT2D eigenvalue weighted by Crippen LogP contribution is 2.16. The Bertz CT molecular complexity index is 237. The highest BCUT2D eigenvalue weighted by atomic mass is 35.5. The zero-order valence-electron chi connectivity index (χ0n) is 5.40. The molecule has 0 saturated heterocycles. The highest BCUT2D eigenvalue weighted by molar-refractivity contribution is 6.30. The summed E-state index contributed by atoms with van der Waals surface area (Å²) in [4.78, 5) is 0. The zero-order chi connectivity index (χ0) is 7.56. The first kappa shape index (κ1) is 7.51. The molecule has 0 saturated carbocycles. The fourth-order valence-corrected chi connectivity index (χ4v) is 0.936. The summed E-state index contributed by atoms with van der Waals surface area (Å²) in [5, 5.41) is 0.168. The maximum Gasteiger partial charge on any atom is 0.150 e. The fraction of sp³-hybridized carbons (Fsp3) is 0.143. The van der Waals surface area contributed by atoms with Gasteiger partial charge in [0.1, 0.15) is 6.54 Å². The van der Waals surface area contributed by atoms with E-state index in [1.807, 2.05) is 0 Å². The van der Waals surface area contributed by atoms with Crippen LogP contribution in [0.1, 0.15) is 5.56 Å². The Labute approximate surface area is 63.6 Å². The van der Waals surface area contributed by atoms with Crippen LogP contribution in [0.4, 0.5) is 4.39 Å². The van der Waals surface area contributed by atoms with Gasteiger partial charge in [0.15, 0.2) is 5.82 Å². The van der Waals surface area contributed by atoms with E-state index in [1.165, 1.54) is 6.07 Å². The van der Waals surface area contributed by atoms with Gasteiger partial charge in [-0.3, -0.25) is 0 Å². The van der Waals surface area contributed by atoms with E-state index in [1.54, 1.807) is 12.1 Å². The van der Waals surface area contributed by atoms with Crippen molar-refractivity contribution in [2.75, 3.05) is 0 Å². The lowest BCUT2D eigenvalue weighted by Crippen LogP contribution is -2.47. The largest absolute Gasteiger partial charge is 0.354 e. The SMILES string of the molecule is [NH3+]Cc1cccc(Cl)c1F. The molecule has 0 atom stereocenters. The second kappa shape index (κ2) is 2.99. The van der Waals surface area contributed by atoms with Crippen LogP contribution in [0.25, 0.3) is 0 Å². The maximum absolute atomic E-state index is 12.8. The summed E-state index contributed by atoms with van der Waals surface area (Å²) in [6, 6.07) is 4.91. The van der Waals surface area contributed by atoms with Crippen LogP contribution in [-0.4, -0.2) is 0 Å². The maximum atomic E-state index is 12.8. The Morgan fingerprint density at radius 1 is 1.50 bits per heavy atom. The minimum Gasteiger partial charge on any atom is -0.354 e. The van der Waals surface area contributed by atoms with Crippen molar-refractivity contribution >= 4 is 11.6 Å². The lowest BCUT2D eigenvalue weighted by atomic mass is 10.2. The summed E-state index contributed by atoms with van der Waals surface area (Å²) in [7, 11) is 0. The van der Waals surface area contributed by atoms with Crippen LogP contribution in [0.3, 0.4) is 0 Å². The average molecular weight is 161 g/mol. The van der Waals surface area contributed by atoms with E-state index < -0.39 is 0 Å². The predicted molar refractivity (Wildman–Crippen MR) is 38.0 cm³/mol. The molecule has 0 aliphatic rings. The summed E-state index contributed by atoms with van der Waals surface area (Å²) in [5.74, 6) is -0.348. The standard InChI is InChI=1S/C7H7ClFN/c8-6-3-1-2-5(4-10)7(6)9/h1-3H,4,10H2/p+1. The highest BCUT2D eigenvalue weighted by Gasteiger charge is 2.03. The summed E-state index contributed by atoms with van der Waals surface area (Å²) >= 11 is 5.49. The van der Waals surface area contributed by atoms with E-state index in [9.17, 15) is 4.39 Å². The van der Waals surface area contributed by atoms with E-state index in [0.717, 1.165) is 0 Å². The molecule has 1 aromatic carbocycles. The third-order valence-electron chi connectivity index (χ3n) is 1.30. The molecular weight excluding hydrogens is 153 g/mol. The molecule has 0 heterocycles. The molecule has 54 valence electrons. The zero-order valence-corrected chi connectivity index (χ0v) is 6.16. The van der Waals surface area contributed by atoms with Crippen molar-refractivity contribution in [3.8, 4) is 0 Å². The first-order valence-corrected chi connectivity index (χ1v) is 3.35. The summed E-state index contributed by atoms with van der Waals surface area (Å²) in [6.45, 7) is 0.437. The summed E-state index contributed by atoms with van der Waals surface area (Å²) < 4.78 is 12.8. The van der Waals surface area contributed by atoms with Crippen molar-refractivity contribution in [3.05, 3.63) is 34.6 Å². The van der Waals surface area contributed by atoms with E-state index >= 15 is 0 Å². The molecule has 1 nitrogen and oxygen atoms in total. The molecule has 0 aliphatic heterocycles. The van der Waals surface area contributed by atoms with Gasteiger partial charge in [0.25, 0.3) is 0 Å². The Balaban J connectivity index is 3.14. The van der Waals surface area contributed by atoms with Crippen LogP contribution >= 0.6 is 11.6 Å². The minimum absolute atomic E-state index is 0.168. The Hall–Kier alpha value is -0.600. The average Bonchev–Trinajstić information content (AvgIpc) is 1.95. The van der Waals surface area contributed by atoms with Crippen LogP contribution in [0, 0.1) is 5.82 Å². The normalized spacial score (nSPS) is 9.90. The van der Waals surface area contributed by atoms with Crippen LogP contribution in [0.2, 0.25) is 5.02 Å². The van der Waals surface area contributed by atoms with Crippen molar-refractivity contribution in [1.29, 1.82) is 0 Å². The molecule has 10 heavy (non-hydrogen) atoms. The first-order valence-electron chi connectivity index (χ1n) is 2.98. The third kappa shape index (κ3) is 1.28. The monoisotopic (exact) mass is 160 g/mol. The Morgan fingerprint density at radius 3 is 2.70 bits per heavy atom. The molecule has 0 spiro atoms. The second-order valence-electron chi connectivity index (χ2n) is 1.96. The molecule has 0 bridgehead atoms. The van der Waals surface area contributed by atoms with Gasteiger partial charge in [-0.15, -0.1) is 0 Å². The van der Waals surface area contributed by atoms with E-state index in [2.05, 4.69) is 5.73 Å². The predicted octanol–water partition coefficient (Wildman–Crippen LogP) is 1.22. The quantitative estimate of drug-likeness (QED) is 0.640. The van der Waals surface area contributed by atoms with Crippen molar-refractivity contribution in [2.45, 2.75) is 6.54 Å². The summed E-state index contributed by atoms with van der Waals surface area (Å²) in [5.41, 5.74) is 4.12. The van der Waals surface area contributed by atoms with Gasteiger partial charge in [-0.05, 0) is 6.07 Å². The topological polar surface area (TPSA) is 27.6 Å². The van der Waals surface area contributed by atoms with Gasteiger partial charge < -0.3 is 5.73 Å². The first-order chi connectivity index (χ1) is 4.75. The van der Waals surface area contributed by atoms with Crippen LogP contribution in [0.5, 0.6) is 0 Å². The van der Waals surface area contributed by atoms with Crippen molar-refractivity contribution < 1.29 is 10.1 Å². The van der Waals surface area contributed by atoms with E-state index in [0.29, 0.717) is 12.1 Å². The van der Waals surface area contributed by atoms with E-state index in [-0.39, 0.29) is 10.8 Å². The smallest absolute Gasteiger partial charge is 0.150 e. The molecule has 0 amide bonds. The summed E-state index contributed by atoms with van der Waals surface area (Å²) in [6.07, 6.45) is 0. The number of rotatable bonds is 1. The minimum atomic E-state index is -0.348. The molecule has 0 fully saturated rings. The molecule has 3 N–H and O–H groups in total. The Kier molecular flexibility index (Phi) is 2.25. The lowest BCUT2D eigenvalue weighted by Gasteiger charge is -1.96. The second-order valence-corrected chi connectivity index (χ2v) is 2.37. The number of hydrogen-bond donors (Lipinski definition) is 1. The lowest BCUT2D eigenvalue weighted by molar-refractivity contribution is -0.386. The number of hydrogen-bond acceptors (Lipinski definition) is 0. The van der Waals surface area contributed by atoms with Gasteiger partial charge in [-0.2, -0.15) is 0 Å². The van der Waals surface area contributed by atoms with Crippen molar-refractivity contribution in [1.82, 2.24) is 0 Å². The molecule has 0 radical (unpaired) electrons. The van der Waals surface area contributed by atoms with Gasteiger partial charge in [0.05, 0.1) is 5.02 Å². The number of benzene rings is 1. The van der Waals surface area contributed by atoms with Crippen LogP contribution in [0.15, 0.2) is 18.2 Å². The molecule has 1 aromatic rings. The Morgan fingerprint density at radius 2 is 2.20 bits per heavy atom. The molecule has 0 aromatic heterocycles. The molecule has 3 heteroatoms. The number of halogens is 2. The van der Waals surface area contributed by atoms with Crippen LogP contribution < -0.4 is 5.73 Å². The van der Waals surface area contributed by atoms with Gasteiger partial charge in [0, 0.05) is 5.56 Å². The van der Waals surface area contributed by atoms with Gasteiger partial charge in [-0.25, -0.2) is 4.39 Å². The van der Waals surface area contributed by atoms with Crippen molar-refractivity contribution in [2.24, 2.45) is 0 Å². The van der Waals surface area contributed by atoms with Crippen LogP contribution in [-0.2, 0) is 6.54 Å². The molecule has 1 rings (SSSR count). The number of quaternary nitrogens is 1. The van der Waals surface area contributed by atoms with Gasteiger partial charge >= 0.3 is 0 Å². The molecule has 0 unspecified atom stereocenters. The van der Waals surface area contributed by atoms with E-state index in [4.69, 9.17) is 11.6 Å². The third-order valence-corrected chi connectivity index (χ3v) is 1.59. The molecule has 0 aliphatic carbocycles.